The smallest absolute Gasteiger partial charge is 0.303 e. The third kappa shape index (κ3) is 3.98. The molecule has 0 saturated heterocycles. The molecule has 35 heavy (non-hydrogen) atoms. The first-order chi connectivity index (χ1) is 16.4. The molecule has 8 heteroatoms. The van der Waals surface area contributed by atoms with Gasteiger partial charge in [-0.2, -0.15) is 0 Å². The van der Waals surface area contributed by atoms with Gasteiger partial charge < -0.3 is 29.2 Å². The zero-order chi connectivity index (χ0) is 25.8. The number of carbonyl (C=O) groups is 1. The first-order valence-electron chi connectivity index (χ1n) is 11.2. The molecule has 184 valence electrons. The lowest BCUT2D eigenvalue weighted by Gasteiger charge is -2.34. The molecule has 3 N–H and O–H groups in total. The Morgan fingerprint density at radius 1 is 1.17 bits per heavy atom. The van der Waals surface area contributed by atoms with Gasteiger partial charge in [0.1, 0.15) is 46.4 Å². The van der Waals surface area contributed by atoms with Gasteiger partial charge in [-0.25, -0.2) is 0 Å². The zero-order valence-corrected chi connectivity index (χ0v) is 20.0. The van der Waals surface area contributed by atoms with Crippen molar-refractivity contribution in [3.05, 3.63) is 69.4 Å². The molecule has 0 radical (unpaired) electrons. The monoisotopic (exact) mass is 480 g/mol. The molecule has 2 heterocycles. The van der Waals surface area contributed by atoms with Gasteiger partial charge in [0.15, 0.2) is 0 Å². The van der Waals surface area contributed by atoms with Crippen molar-refractivity contribution in [3.8, 4) is 11.5 Å². The van der Waals surface area contributed by atoms with Crippen molar-refractivity contribution >= 4 is 27.9 Å². The Labute approximate surface area is 201 Å². The topological polar surface area (TPSA) is 126 Å². The van der Waals surface area contributed by atoms with E-state index in [2.05, 4.69) is 13.2 Å². The number of ether oxygens (including phenoxy) is 2. The standard InChI is InChI=1S/C27H28O8/c1-11(2)16-10-33-25-13(5)9-18-20(21(25)27(16)34-14(6)28)24(32)19-17(29)8-7-15(26(19)35-18)23(31)22(30)12(3)4/h7-9,16,22-23,27,29-31H,1,3,10H2,2,4-6H3. The second-order valence-electron chi connectivity index (χ2n) is 9.15. The largest absolute Gasteiger partial charge is 0.507 e. The van der Waals surface area contributed by atoms with Crippen molar-refractivity contribution in [2.45, 2.75) is 46.0 Å². The van der Waals surface area contributed by atoms with Crippen molar-refractivity contribution in [2.24, 2.45) is 5.92 Å². The van der Waals surface area contributed by atoms with E-state index in [0.29, 0.717) is 28.0 Å². The molecule has 0 bridgehead atoms. The molecule has 0 fully saturated rings. The van der Waals surface area contributed by atoms with Gasteiger partial charge in [-0.05, 0) is 50.1 Å². The summed E-state index contributed by atoms with van der Waals surface area (Å²) >= 11 is 0. The van der Waals surface area contributed by atoms with Gasteiger partial charge in [0.2, 0.25) is 5.43 Å². The highest BCUT2D eigenvalue weighted by Crippen LogP contribution is 2.46. The summed E-state index contributed by atoms with van der Waals surface area (Å²) in [5.41, 5.74) is 1.65. The van der Waals surface area contributed by atoms with Crippen molar-refractivity contribution in [1.29, 1.82) is 0 Å². The van der Waals surface area contributed by atoms with Crippen LogP contribution < -0.4 is 10.2 Å². The molecule has 2 aromatic carbocycles. The van der Waals surface area contributed by atoms with E-state index in [9.17, 15) is 24.9 Å². The maximum Gasteiger partial charge on any atom is 0.303 e. The summed E-state index contributed by atoms with van der Waals surface area (Å²) in [6.45, 7) is 14.3. The summed E-state index contributed by atoms with van der Waals surface area (Å²) < 4.78 is 17.8. The van der Waals surface area contributed by atoms with Gasteiger partial charge in [-0.1, -0.05) is 18.7 Å². The van der Waals surface area contributed by atoms with Crippen LogP contribution in [0.15, 0.2) is 51.7 Å². The third-order valence-corrected chi connectivity index (χ3v) is 6.40. The van der Waals surface area contributed by atoms with Crippen LogP contribution in [-0.4, -0.2) is 34.0 Å². The van der Waals surface area contributed by atoms with Crippen LogP contribution in [0.3, 0.4) is 0 Å². The molecule has 8 nitrogen and oxygen atoms in total. The van der Waals surface area contributed by atoms with Crippen molar-refractivity contribution in [1.82, 2.24) is 0 Å². The molecule has 1 aliphatic heterocycles. The van der Waals surface area contributed by atoms with E-state index in [-0.39, 0.29) is 39.9 Å². The lowest BCUT2D eigenvalue weighted by Crippen LogP contribution is -2.31. The molecule has 3 aromatic rings. The predicted octanol–water partition coefficient (Wildman–Crippen LogP) is 4.12. The highest BCUT2D eigenvalue weighted by Gasteiger charge is 2.38. The maximum absolute atomic E-state index is 13.9. The molecule has 4 atom stereocenters. The fourth-order valence-corrected chi connectivity index (χ4v) is 4.58. The Hall–Kier alpha value is -3.62. The fraction of sp³-hybridized carbons (Fsp3) is 0.333. The zero-order valence-electron chi connectivity index (χ0n) is 20.0. The van der Waals surface area contributed by atoms with E-state index in [1.807, 2.05) is 0 Å². The van der Waals surface area contributed by atoms with E-state index in [1.165, 1.54) is 19.1 Å². The number of aliphatic hydroxyl groups excluding tert-OH is 2. The molecule has 0 saturated carbocycles. The minimum absolute atomic E-state index is 0.0631. The Bertz CT molecular complexity index is 1450. The molecule has 0 spiro atoms. The number of esters is 1. The molecule has 4 rings (SSSR count). The number of fused-ring (bicyclic) bond motifs is 4. The number of carbonyl (C=O) groups excluding carboxylic acids is 1. The summed E-state index contributed by atoms with van der Waals surface area (Å²) in [6.07, 6.45) is -3.61. The SMILES string of the molecule is C=C(C)C(O)C(O)c1ccc(O)c2c(=O)c3c4c(c(C)cc3oc12)OCC(C(=C)C)C4OC(C)=O. The normalized spacial score (nSPS) is 19.0. The Morgan fingerprint density at radius 2 is 1.86 bits per heavy atom. The summed E-state index contributed by atoms with van der Waals surface area (Å²) in [6, 6.07) is 4.26. The summed E-state index contributed by atoms with van der Waals surface area (Å²) in [7, 11) is 0. The number of phenols is 1. The van der Waals surface area contributed by atoms with Crippen LogP contribution in [-0.2, 0) is 9.53 Å². The number of benzene rings is 2. The number of aryl methyl sites for hydroxylation is 1. The van der Waals surface area contributed by atoms with E-state index >= 15 is 0 Å². The Balaban J connectivity index is 2.12. The summed E-state index contributed by atoms with van der Waals surface area (Å²) in [5, 5.41) is 31.7. The molecule has 4 unspecified atom stereocenters. The highest BCUT2D eigenvalue weighted by atomic mass is 16.6. The number of phenolic OH excluding ortho intramolecular Hbond substituents is 1. The molecular weight excluding hydrogens is 452 g/mol. The van der Waals surface area contributed by atoms with Crippen LogP contribution in [0.25, 0.3) is 21.9 Å². The van der Waals surface area contributed by atoms with Crippen LogP contribution >= 0.6 is 0 Å². The Kier molecular flexibility index (Phi) is 6.21. The highest BCUT2D eigenvalue weighted by molar-refractivity contribution is 5.97. The molecule has 1 aromatic heterocycles. The minimum atomic E-state index is -1.44. The van der Waals surface area contributed by atoms with E-state index in [4.69, 9.17) is 13.9 Å². The van der Waals surface area contributed by atoms with E-state index in [1.54, 1.807) is 26.8 Å². The number of hydrogen-bond acceptors (Lipinski definition) is 8. The van der Waals surface area contributed by atoms with Gasteiger partial charge in [-0.3, -0.25) is 9.59 Å². The lowest BCUT2D eigenvalue weighted by atomic mass is 9.85. The van der Waals surface area contributed by atoms with Crippen LogP contribution in [0.4, 0.5) is 0 Å². The molecule has 0 amide bonds. The van der Waals surface area contributed by atoms with E-state index < -0.39 is 35.6 Å². The van der Waals surface area contributed by atoms with Crippen LogP contribution in [0.5, 0.6) is 11.5 Å². The van der Waals surface area contributed by atoms with Crippen molar-refractivity contribution in [2.75, 3.05) is 6.61 Å². The van der Waals surface area contributed by atoms with Gasteiger partial charge >= 0.3 is 5.97 Å². The van der Waals surface area contributed by atoms with Gasteiger partial charge in [0.05, 0.1) is 23.5 Å². The second-order valence-corrected chi connectivity index (χ2v) is 9.15. The first-order valence-corrected chi connectivity index (χ1v) is 11.2. The number of aliphatic hydroxyl groups is 2. The lowest BCUT2D eigenvalue weighted by molar-refractivity contribution is -0.150. The van der Waals surface area contributed by atoms with Gasteiger partial charge in [0, 0.05) is 12.5 Å². The molecule has 1 aliphatic rings. The van der Waals surface area contributed by atoms with Gasteiger partial charge in [-0.15, -0.1) is 0 Å². The summed E-state index contributed by atoms with van der Waals surface area (Å²) in [4.78, 5) is 25.9. The van der Waals surface area contributed by atoms with Crippen molar-refractivity contribution < 1.29 is 34.0 Å². The number of aromatic hydroxyl groups is 1. The first kappa shape index (κ1) is 24.5. The molecule has 0 aliphatic carbocycles. The molecular formula is C27H28O8. The number of hydrogen-bond donors (Lipinski definition) is 3. The van der Waals surface area contributed by atoms with Crippen molar-refractivity contribution in [3.63, 3.8) is 0 Å². The quantitative estimate of drug-likeness (QED) is 0.283. The fourth-order valence-electron chi connectivity index (χ4n) is 4.58. The number of rotatable bonds is 5. The average molecular weight is 481 g/mol. The van der Waals surface area contributed by atoms with Gasteiger partial charge in [0.25, 0.3) is 0 Å². The average Bonchev–Trinajstić information content (AvgIpc) is 2.77. The maximum atomic E-state index is 13.9. The van der Waals surface area contributed by atoms with Crippen LogP contribution in [0.1, 0.15) is 49.7 Å². The van der Waals surface area contributed by atoms with Crippen LogP contribution in [0.2, 0.25) is 0 Å². The Morgan fingerprint density at radius 3 is 2.46 bits per heavy atom. The summed E-state index contributed by atoms with van der Waals surface area (Å²) in [5.74, 6) is -0.890. The second kappa shape index (κ2) is 8.87. The van der Waals surface area contributed by atoms with Crippen LogP contribution in [0, 0.1) is 12.8 Å². The minimum Gasteiger partial charge on any atom is -0.507 e. The third-order valence-electron chi connectivity index (χ3n) is 6.40. The predicted molar refractivity (Wildman–Crippen MR) is 130 cm³/mol. The van der Waals surface area contributed by atoms with E-state index in [0.717, 1.165) is 0 Å².